The number of aliphatic hydroxyl groups is 1. The highest BCUT2D eigenvalue weighted by Gasteiger charge is 2.57. The van der Waals surface area contributed by atoms with Crippen molar-refractivity contribution in [1.29, 1.82) is 0 Å². The Morgan fingerprint density at radius 2 is 1.57 bits per heavy atom. The number of carbonyl (C=O) groups excluding carboxylic acids is 3. The first-order chi connectivity index (χ1) is 14.2. The molecule has 8 nitrogen and oxygen atoms in total. The molecule has 1 N–H and O–H groups in total. The van der Waals surface area contributed by atoms with Crippen LogP contribution in [0.15, 0.2) is 24.3 Å². The number of halogens is 1. The fraction of sp³-hybridized carbons (Fsp3) is 0.571. The van der Waals surface area contributed by atoms with Gasteiger partial charge in [0.25, 0.3) is 0 Å². The van der Waals surface area contributed by atoms with Crippen LogP contribution in [-0.2, 0) is 33.3 Å². The molecule has 1 aliphatic rings. The Morgan fingerprint density at radius 1 is 1.03 bits per heavy atom. The Kier molecular flexibility index (Phi) is 8.78. The smallest absolute Gasteiger partial charge is 0.317 e. The van der Waals surface area contributed by atoms with Gasteiger partial charge in [0.05, 0.1) is 24.7 Å². The van der Waals surface area contributed by atoms with Gasteiger partial charge >= 0.3 is 11.9 Å². The van der Waals surface area contributed by atoms with Crippen molar-refractivity contribution in [1.82, 2.24) is 0 Å². The average molecular weight is 443 g/mol. The minimum absolute atomic E-state index is 0.0217. The van der Waals surface area contributed by atoms with Crippen molar-refractivity contribution in [3.8, 4) is 0 Å². The average Bonchev–Trinajstić information content (AvgIpc) is 2.67. The second kappa shape index (κ2) is 10.9. The fourth-order valence-corrected chi connectivity index (χ4v) is 3.86. The molecule has 0 aromatic heterocycles. The van der Waals surface area contributed by atoms with Gasteiger partial charge in [0, 0.05) is 31.6 Å². The van der Waals surface area contributed by atoms with Crippen molar-refractivity contribution in [2.24, 2.45) is 11.8 Å². The zero-order valence-corrected chi connectivity index (χ0v) is 18.0. The first-order valence-electron chi connectivity index (χ1n) is 9.54. The maximum Gasteiger partial charge on any atom is 0.317 e. The monoisotopic (exact) mass is 442 g/mol. The molecule has 1 saturated carbocycles. The normalized spacial score (nSPS) is 26.3. The summed E-state index contributed by atoms with van der Waals surface area (Å²) in [4.78, 5) is 38.6. The summed E-state index contributed by atoms with van der Waals surface area (Å²) in [7, 11) is 2.92. The van der Waals surface area contributed by atoms with Crippen molar-refractivity contribution in [3.63, 3.8) is 0 Å². The molecule has 166 valence electrons. The van der Waals surface area contributed by atoms with E-state index in [1.165, 1.54) is 21.1 Å². The zero-order valence-electron chi connectivity index (χ0n) is 17.3. The number of rotatable bonds is 9. The van der Waals surface area contributed by atoms with Crippen LogP contribution in [0.5, 0.6) is 0 Å². The molecule has 0 radical (unpaired) electrons. The van der Waals surface area contributed by atoms with Gasteiger partial charge in [-0.25, -0.2) is 0 Å². The molecule has 1 aromatic carbocycles. The largest absolute Gasteiger partial charge is 0.463 e. The second-order valence-corrected chi connectivity index (χ2v) is 7.79. The summed E-state index contributed by atoms with van der Waals surface area (Å²) in [5, 5.41) is 11.4. The number of ether oxygens (including phenoxy) is 4. The van der Waals surface area contributed by atoms with E-state index in [0.717, 1.165) is 0 Å². The van der Waals surface area contributed by atoms with E-state index in [1.54, 1.807) is 24.3 Å². The number of ketones is 1. The third-order valence-corrected chi connectivity index (χ3v) is 5.35. The minimum Gasteiger partial charge on any atom is -0.463 e. The molecule has 0 spiro atoms. The van der Waals surface area contributed by atoms with Gasteiger partial charge in [-0.1, -0.05) is 23.7 Å². The molecule has 30 heavy (non-hydrogen) atoms. The third-order valence-electron chi connectivity index (χ3n) is 5.09. The first-order valence-corrected chi connectivity index (χ1v) is 9.92. The van der Waals surface area contributed by atoms with Crippen LogP contribution in [0.3, 0.4) is 0 Å². The molecule has 0 bridgehead atoms. The molecular formula is C21H27ClO8. The molecule has 9 heteroatoms. The minimum atomic E-state index is -1.71. The zero-order chi connectivity index (χ0) is 22.3. The molecule has 4 atom stereocenters. The molecule has 2 rings (SSSR count). The van der Waals surface area contributed by atoms with E-state index in [1.807, 2.05) is 0 Å². The van der Waals surface area contributed by atoms with Crippen molar-refractivity contribution in [3.05, 3.63) is 34.9 Å². The van der Waals surface area contributed by atoms with Gasteiger partial charge in [-0.15, -0.1) is 0 Å². The molecule has 1 fully saturated rings. The van der Waals surface area contributed by atoms with Gasteiger partial charge in [0.1, 0.15) is 19.1 Å². The number of hydrogen-bond acceptors (Lipinski definition) is 8. The molecule has 1 aliphatic carbocycles. The topological polar surface area (TPSA) is 108 Å². The van der Waals surface area contributed by atoms with Crippen LogP contribution < -0.4 is 0 Å². The summed E-state index contributed by atoms with van der Waals surface area (Å²) in [6, 6.07) is 6.41. The van der Waals surface area contributed by atoms with E-state index in [-0.39, 0.29) is 32.8 Å². The first kappa shape index (κ1) is 24.3. The van der Waals surface area contributed by atoms with Crippen molar-refractivity contribution in [2.75, 3.05) is 40.6 Å². The summed E-state index contributed by atoms with van der Waals surface area (Å²) < 4.78 is 20.2. The summed E-state index contributed by atoms with van der Waals surface area (Å²) in [5.41, 5.74) is -1.22. The van der Waals surface area contributed by atoms with Crippen molar-refractivity contribution < 1.29 is 38.4 Å². The summed E-state index contributed by atoms with van der Waals surface area (Å²) in [5.74, 6) is -5.44. The van der Waals surface area contributed by atoms with Gasteiger partial charge in [-0.05, 0) is 24.6 Å². The lowest BCUT2D eigenvalue weighted by Gasteiger charge is -2.43. The van der Waals surface area contributed by atoms with Crippen LogP contribution in [0, 0.1) is 11.8 Å². The van der Waals surface area contributed by atoms with E-state index in [4.69, 9.17) is 30.5 Å². The molecule has 0 aliphatic heterocycles. The van der Waals surface area contributed by atoms with Gasteiger partial charge in [0.2, 0.25) is 0 Å². The number of hydrogen-bond donors (Lipinski definition) is 1. The molecule has 0 saturated heterocycles. The maximum absolute atomic E-state index is 12.9. The second-order valence-electron chi connectivity index (χ2n) is 7.35. The van der Waals surface area contributed by atoms with Gasteiger partial charge < -0.3 is 24.1 Å². The van der Waals surface area contributed by atoms with Crippen LogP contribution in [0.2, 0.25) is 5.02 Å². The van der Waals surface area contributed by atoms with E-state index < -0.39 is 41.1 Å². The number of benzene rings is 1. The van der Waals surface area contributed by atoms with Crippen LogP contribution in [0.4, 0.5) is 0 Å². The van der Waals surface area contributed by atoms with Crippen LogP contribution in [0.25, 0.3) is 0 Å². The van der Waals surface area contributed by atoms with Gasteiger partial charge in [-0.3, -0.25) is 14.4 Å². The number of Topliss-reactive ketones (excluding diaryl/α,β-unsaturated/α-hetero) is 1. The standard InChI is InChI=1S/C21H27ClO8/c1-21(26)12-15(23)17(19(24)29-10-8-27-2)16(13-4-6-14(22)7-5-13)18(21)20(25)30-11-9-28-3/h4-7,16-18,26H,8-12H2,1-3H3/t16-,17+,18+,21-/m0/s1. The predicted molar refractivity (Wildman–Crippen MR) is 107 cm³/mol. The fourth-order valence-electron chi connectivity index (χ4n) is 3.73. The molecule has 1 aromatic rings. The summed E-state index contributed by atoms with van der Waals surface area (Å²) in [6.45, 7) is 1.67. The molecule has 0 unspecified atom stereocenters. The SMILES string of the molecule is COCCOC(=O)[C@@H]1C(=O)C[C@](C)(O)[C@@H](C(=O)OCCOC)[C@H]1c1ccc(Cl)cc1. The lowest BCUT2D eigenvalue weighted by molar-refractivity contribution is -0.174. The van der Waals surface area contributed by atoms with Crippen LogP contribution in [0.1, 0.15) is 24.8 Å². The van der Waals surface area contributed by atoms with E-state index in [2.05, 4.69) is 0 Å². The molecule has 0 amide bonds. The van der Waals surface area contributed by atoms with Gasteiger partial charge in [-0.2, -0.15) is 0 Å². The third kappa shape index (κ3) is 5.78. The van der Waals surface area contributed by atoms with Crippen molar-refractivity contribution >= 4 is 29.3 Å². The Bertz CT molecular complexity index is 746. The molecular weight excluding hydrogens is 416 g/mol. The highest BCUT2D eigenvalue weighted by molar-refractivity contribution is 6.30. The predicted octanol–water partition coefficient (Wildman–Crippen LogP) is 1.76. The van der Waals surface area contributed by atoms with E-state index >= 15 is 0 Å². The van der Waals surface area contributed by atoms with E-state index in [0.29, 0.717) is 10.6 Å². The number of methoxy groups -OCH3 is 2. The van der Waals surface area contributed by atoms with Gasteiger partial charge in [0.15, 0.2) is 5.78 Å². The number of carbonyl (C=O) groups is 3. The van der Waals surface area contributed by atoms with Crippen LogP contribution >= 0.6 is 11.6 Å². The van der Waals surface area contributed by atoms with Crippen molar-refractivity contribution in [2.45, 2.75) is 24.9 Å². The molecule has 0 heterocycles. The van der Waals surface area contributed by atoms with E-state index in [9.17, 15) is 19.5 Å². The highest BCUT2D eigenvalue weighted by atomic mass is 35.5. The quantitative estimate of drug-likeness (QED) is 0.350. The summed E-state index contributed by atoms with van der Waals surface area (Å²) >= 11 is 5.97. The Labute approximate surface area is 180 Å². The Balaban J connectivity index is 2.46. The lowest BCUT2D eigenvalue weighted by atomic mass is 9.62. The summed E-state index contributed by atoms with van der Waals surface area (Å²) in [6.07, 6.45) is -0.384. The number of esters is 2. The maximum atomic E-state index is 12.9. The Morgan fingerprint density at radius 3 is 2.10 bits per heavy atom. The Hall–Kier alpha value is -2.00. The lowest BCUT2D eigenvalue weighted by Crippen LogP contribution is -2.55. The van der Waals surface area contributed by atoms with Crippen LogP contribution in [-0.4, -0.2) is 69.1 Å². The highest BCUT2D eigenvalue weighted by Crippen LogP contribution is 2.46.